The van der Waals surface area contributed by atoms with Crippen molar-refractivity contribution in [1.29, 1.82) is 0 Å². The summed E-state index contributed by atoms with van der Waals surface area (Å²) in [7, 11) is 0. The van der Waals surface area contributed by atoms with Crippen LogP contribution in [-0.4, -0.2) is 24.7 Å². The lowest BCUT2D eigenvalue weighted by Gasteiger charge is -2.16. The van der Waals surface area contributed by atoms with Crippen molar-refractivity contribution in [1.82, 2.24) is 0 Å². The lowest BCUT2D eigenvalue weighted by Crippen LogP contribution is -2.22. The smallest absolute Gasteiger partial charge is 0.372 e. The number of hydrogen-bond donors (Lipinski definition) is 0. The van der Waals surface area contributed by atoms with Gasteiger partial charge >= 0.3 is 6.18 Å². The second-order valence-electron chi connectivity index (χ2n) is 3.95. The summed E-state index contributed by atoms with van der Waals surface area (Å²) in [6.07, 6.45) is -3.59. The van der Waals surface area contributed by atoms with E-state index in [-0.39, 0.29) is 12.5 Å². The van der Waals surface area contributed by atoms with Gasteiger partial charge in [0.05, 0.1) is 6.61 Å². The summed E-state index contributed by atoms with van der Waals surface area (Å²) in [6, 6.07) is 7.67. The summed E-state index contributed by atoms with van der Waals surface area (Å²) < 4.78 is 41.5. The van der Waals surface area contributed by atoms with Crippen LogP contribution in [0.3, 0.4) is 0 Å². The Morgan fingerprint density at radius 3 is 2.44 bits per heavy atom. The van der Waals surface area contributed by atoms with Crippen molar-refractivity contribution >= 4 is 31.9 Å². The Balaban J connectivity index is 2.45. The maximum absolute atomic E-state index is 12.0. The first kappa shape index (κ1) is 16.0. The molecule has 0 radical (unpaired) electrons. The van der Waals surface area contributed by atoms with Gasteiger partial charge in [0.15, 0.2) is 0 Å². The van der Waals surface area contributed by atoms with E-state index in [0.717, 1.165) is 10.0 Å². The van der Waals surface area contributed by atoms with E-state index in [4.69, 9.17) is 4.74 Å². The number of benzene rings is 1. The third kappa shape index (κ3) is 6.20. The highest BCUT2D eigenvalue weighted by molar-refractivity contribution is 9.10. The van der Waals surface area contributed by atoms with Crippen LogP contribution in [0, 0.1) is 5.92 Å². The van der Waals surface area contributed by atoms with Crippen LogP contribution in [0.4, 0.5) is 13.2 Å². The first-order chi connectivity index (χ1) is 8.42. The van der Waals surface area contributed by atoms with Crippen molar-refractivity contribution < 1.29 is 17.9 Å². The molecular formula is C12H13Br2F3O. The van der Waals surface area contributed by atoms with Gasteiger partial charge in [-0.25, -0.2) is 0 Å². The van der Waals surface area contributed by atoms with Crippen LogP contribution in [0.1, 0.15) is 5.56 Å². The SMILES string of the molecule is FC(F)(F)COCC(CBr)Cc1ccccc1Br. The number of alkyl halides is 4. The van der Waals surface area contributed by atoms with Crippen molar-refractivity contribution in [3.05, 3.63) is 34.3 Å². The minimum absolute atomic E-state index is 0.0195. The van der Waals surface area contributed by atoms with Gasteiger partial charge in [0, 0.05) is 9.80 Å². The number of ether oxygens (including phenoxy) is 1. The maximum Gasteiger partial charge on any atom is 0.411 e. The van der Waals surface area contributed by atoms with Gasteiger partial charge in [-0.2, -0.15) is 13.2 Å². The van der Waals surface area contributed by atoms with E-state index in [1.165, 1.54) is 0 Å². The highest BCUT2D eigenvalue weighted by atomic mass is 79.9. The molecule has 0 spiro atoms. The first-order valence-corrected chi connectivity index (χ1v) is 7.27. The number of hydrogen-bond acceptors (Lipinski definition) is 1. The van der Waals surface area contributed by atoms with E-state index in [1.807, 2.05) is 24.3 Å². The topological polar surface area (TPSA) is 9.23 Å². The molecule has 18 heavy (non-hydrogen) atoms. The van der Waals surface area contributed by atoms with Gasteiger partial charge in [-0.3, -0.25) is 0 Å². The Bertz CT molecular complexity index is 369. The molecule has 0 saturated heterocycles. The molecule has 0 amide bonds. The van der Waals surface area contributed by atoms with Crippen molar-refractivity contribution in [2.24, 2.45) is 5.92 Å². The Morgan fingerprint density at radius 1 is 1.22 bits per heavy atom. The Labute approximate surface area is 121 Å². The molecule has 0 fully saturated rings. The van der Waals surface area contributed by atoms with Gasteiger partial charge in [-0.05, 0) is 24.0 Å². The molecule has 0 aliphatic carbocycles. The molecule has 1 rings (SSSR count). The van der Waals surface area contributed by atoms with Gasteiger partial charge in [0.1, 0.15) is 6.61 Å². The molecule has 0 heterocycles. The highest BCUT2D eigenvalue weighted by Crippen LogP contribution is 2.21. The summed E-state index contributed by atoms with van der Waals surface area (Å²) in [6.45, 7) is -1.10. The quantitative estimate of drug-likeness (QED) is 0.647. The molecule has 1 atom stereocenters. The Hall–Kier alpha value is -0.0700. The lowest BCUT2D eigenvalue weighted by atomic mass is 10.0. The van der Waals surface area contributed by atoms with Crippen LogP contribution in [0.25, 0.3) is 0 Å². The van der Waals surface area contributed by atoms with E-state index in [1.54, 1.807) is 0 Å². The highest BCUT2D eigenvalue weighted by Gasteiger charge is 2.27. The van der Waals surface area contributed by atoms with Crippen LogP contribution in [0.5, 0.6) is 0 Å². The van der Waals surface area contributed by atoms with Gasteiger partial charge in [0.2, 0.25) is 0 Å². The summed E-state index contributed by atoms with van der Waals surface area (Å²) >= 11 is 6.72. The van der Waals surface area contributed by atoms with Gasteiger partial charge in [0.25, 0.3) is 0 Å². The molecule has 0 bridgehead atoms. The number of rotatable bonds is 6. The normalized spacial score (nSPS) is 13.6. The van der Waals surface area contributed by atoms with Gasteiger partial charge < -0.3 is 4.74 Å². The van der Waals surface area contributed by atoms with E-state index >= 15 is 0 Å². The van der Waals surface area contributed by atoms with E-state index in [0.29, 0.717) is 11.8 Å². The Morgan fingerprint density at radius 2 is 1.89 bits per heavy atom. The predicted octanol–water partition coefficient (Wildman–Crippen LogP) is 4.58. The summed E-state index contributed by atoms with van der Waals surface area (Å²) in [5.41, 5.74) is 1.07. The monoisotopic (exact) mass is 388 g/mol. The van der Waals surface area contributed by atoms with E-state index < -0.39 is 12.8 Å². The molecule has 0 N–H and O–H groups in total. The predicted molar refractivity (Wildman–Crippen MR) is 72.0 cm³/mol. The molecule has 0 aliphatic heterocycles. The molecule has 0 aromatic heterocycles. The fourth-order valence-electron chi connectivity index (χ4n) is 1.47. The zero-order valence-corrected chi connectivity index (χ0v) is 12.7. The third-order valence-electron chi connectivity index (χ3n) is 2.30. The van der Waals surface area contributed by atoms with Crippen LogP contribution in [-0.2, 0) is 11.2 Å². The van der Waals surface area contributed by atoms with Crippen LogP contribution in [0.2, 0.25) is 0 Å². The maximum atomic E-state index is 12.0. The minimum Gasteiger partial charge on any atom is -0.372 e. The average Bonchev–Trinajstić information content (AvgIpc) is 2.29. The fourth-order valence-corrected chi connectivity index (χ4v) is 2.34. The first-order valence-electron chi connectivity index (χ1n) is 5.36. The average molecular weight is 390 g/mol. The van der Waals surface area contributed by atoms with Crippen molar-refractivity contribution in [2.45, 2.75) is 12.6 Å². The Kier molecular flexibility index (Phi) is 6.66. The van der Waals surface area contributed by atoms with Crippen LogP contribution in [0.15, 0.2) is 28.7 Å². The standard InChI is InChI=1S/C12H13Br2F3O/c13-6-9(7-18-8-12(15,16)17)5-10-3-1-2-4-11(10)14/h1-4,9H,5-8H2. The largest absolute Gasteiger partial charge is 0.411 e. The zero-order valence-electron chi connectivity index (χ0n) is 9.51. The van der Waals surface area contributed by atoms with Crippen molar-refractivity contribution in [3.8, 4) is 0 Å². The second-order valence-corrected chi connectivity index (χ2v) is 5.45. The third-order valence-corrected chi connectivity index (χ3v) is 3.99. The summed E-state index contributed by atoms with van der Waals surface area (Å²) in [5, 5.41) is 0.603. The molecular weight excluding hydrogens is 377 g/mol. The molecule has 1 aromatic rings. The lowest BCUT2D eigenvalue weighted by molar-refractivity contribution is -0.176. The summed E-state index contributed by atoms with van der Waals surface area (Å²) in [4.78, 5) is 0. The molecule has 1 nitrogen and oxygen atoms in total. The van der Waals surface area contributed by atoms with Crippen molar-refractivity contribution in [2.75, 3.05) is 18.5 Å². The van der Waals surface area contributed by atoms with E-state index in [2.05, 4.69) is 31.9 Å². The van der Waals surface area contributed by atoms with Crippen LogP contribution < -0.4 is 0 Å². The van der Waals surface area contributed by atoms with Crippen LogP contribution >= 0.6 is 31.9 Å². The second kappa shape index (κ2) is 7.50. The van der Waals surface area contributed by atoms with Crippen molar-refractivity contribution in [3.63, 3.8) is 0 Å². The fraction of sp³-hybridized carbons (Fsp3) is 0.500. The zero-order chi connectivity index (χ0) is 13.6. The van der Waals surface area contributed by atoms with Gasteiger partial charge in [-0.1, -0.05) is 50.1 Å². The molecule has 102 valence electrons. The number of halogens is 5. The molecule has 1 unspecified atom stereocenters. The minimum atomic E-state index is -4.26. The molecule has 0 aliphatic rings. The molecule has 6 heteroatoms. The van der Waals surface area contributed by atoms with E-state index in [9.17, 15) is 13.2 Å². The van der Waals surface area contributed by atoms with Gasteiger partial charge in [-0.15, -0.1) is 0 Å². The molecule has 1 aromatic carbocycles. The molecule has 0 saturated carbocycles. The summed E-state index contributed by atoms with van der Waals surface area (Å²) in [5.74, 6) is 0.0195.